The molecule has 136 valence electrons. The Labute approximate surface area is 168 Å². The number of thioether (sulfide) groups is 2. The van der Waals surface area contributed by atoms with Gasteiger partial charge in [-0.25, -0.2) is 9.97 Å². The summed E-state index contributed by atoms with van der Waals surface area (Å²) in [6.45, 7) is 3.08. The Morgan fingerprint density at radius 2 is 1.70 bits per heavy atom. The molecule has 27 heavy (non-hydrogen) atoms. The summed E-state index contributed by atoms with van der Waals surface area (Å²) in [7, 11) is 0. The number of aromatic nitrogens is 3. The lowest BCUT2D eigenvalue weighted by Gasteiger charge is -2.12. The molecule has 0 radical (unpaired) electrons. The van der Waals surface area contributed by atoms with Crippen molar-refractivity contribution >= 4 is 34.6 Å². The second-order valence-electron chi connectivity index (χ2n) is 6.27. The van der Waals surface area contributed by atoms with Crippen LogP contribution in [0.15, 0.2) is 83.1 Å². The topological polar surface area (TPSA) is 30.7 Å². The van der Waals surface area contributed by atoms with Crippen molar-refractivity contribution < 1.29 is 0 Å². The van der Waals surface area contributed by atoms with Gasteiger partial charge in [-0.05, 0) is 48.4 Å². The Bertz CT molecular complexity index is 1030. The minimum Gasteiger partial charge on any atom is -0.326 e. The van der Waals surface area contributed by atoms with E-state index in [1.807, 2.05) is 54.2 Å². The fraction of sp³-hybridized carbons (Fsp3) is 0.182. The van der Waals surface area contributed by atoms with Gasteiger partial charge >= 0.3 is 0 Å². The molecule has 0 aliphatic carbocycles. The third kappa shape index (κ3) is 4.37. The van der Waals surface area contributed by atoms with Crippen LogP contribution in [0, 0.1) is 6.92 Å². The molecule has 0 N–H and O–H groups in total. The second kappa shape index (κ2) is 8.63. The molecule has 0 aliphatic heterocycles. The Balaban J connectivity index is 1.41. The van der Waals surface area contributed by atoms with E-state index >= 15 is 0 Å². The third-order valence-electron chi connectivity index (χ3n) is 4.49. The maximum atomic E-state index is 4.51. The molecule has 0 bridgehead atoms. The molecule has 0 saturated heterocycles. The van der Waals surface area contributed by atoms with Crippen molar-refractivity contribution in [2.45, 2.75) is 23.4 Å². The van der Waals surface area contributed by atoms with Crippen LogP contribution in [0.2, 0.25) is 0 Å². The quantitative estimate of drug-likeness (QED) is 0.300. The van der Waals surface area contributed by atoms with Crippen LogP contribution in [0.25, 0.3) is 11.0 Å². The van der Waals surface area contributed by atoms with Gasteiger partial charge in [0.2, 0.25) is 0 Å². The van der Waals surface area contributed by atoms with Gasteiger partial charge in [-0.15, -0.1) is 23.5 Å². The van der Waals surface area contributed by atoms with Gasteiger partial charge in [0.15, 0.2) is 0 Å². The molecule has 0 amide bonds. The first-order valence-electron chi connectivity index (χ1n) is 8.96. The number of hydrogen-bond donors (Lipinski definition) is 0. The molecule has 2 aromatic heterocycles. The summed E-state index contributed by atoms with van der Waals surface area (Å²) in [6.07, 6.45) is 3.79. The number of imidazole rings is 1. The Morgan fingerprint density at radius 3 is 2.59 bits per heavy atom. The lowest BCUT2D eigenvalue weighted by atomic mass is 10.1. The van der Waals surface area contributed by atoms with E-state index < -0.39 is 0 Å². The van der Waals surface area contributed by atoms with Gasteiger partial charge in [0.1, 0.15) is 0 Å². The van der Waals surface area contributed by atoms with E-state index in [2.05, 4.69) is 63.9 Å². The lowest BCUT2D eigenvalue weighted by Crippen LogP contribution is -2.01. The molecule has 3 nitrogen and oxygen atoms in total. The van der Waals surface area contributed by atoms with Crippen LogP contribution in [0.4, 0.5) is 0 Å². The summed E-state index contributed by atoms with van der Waals surface area (Å²) < 4.78 is 2.23. The van der Waals surface area contributed by atoms with E-state index in [1.54, 1.807) is 0 Å². The number of pyridine rings is 1. The summed E-state index contributed by atoms with van der Waals surface area (Å²) in [5.74, 6) is 2.12. The van der Waals surface area contributed by atoms with Crippen LogP contribution < -0.4 is 0 Å². The van der Waals surface area contributed by atoms with E-state index in [-0.39, 0.29) is 0 Å². The minimum atomic E-state index is 0.851. The number of benzene rings is 2. The fourth-order valence-corrected chi connectivity index (χ4v) is 4.97. The summed E-state index contributed by atoms with van der Waals surface area (Å²) in [6, 6.07) is 21.0. The molecule has 4 aromatic rings. The molecule has 2 aromatic carbocycles. The van der Waals surface area contributed by atoms with Gasteiger partial charge < -0.3 is 4.57 Å². The molecule has 0 fully saturated rings. The summed E-state index contributed by atoms with van der Waals surface area (Å²) >= 11 is 3.73. The van der Waals surface area contributed by atoms with Crippen molar-refractivity contribution in [3.63, 3.8) is 0 Å². The number of rotatable bonds is 7. The first kappa shape index (κ1) is 18.1. The van der Waals surface area contributed by atoms with Crippen LogP contribution in [-0.4, -0.2) is 26.0 Å². The zero-order valence-electron chi connectivity index (χ0n) is 15.2. The highest BCUT2D eigenvalue weighted by atomic mass is 32.2. The van der Waals surface area contributed by atoms with Gasteiger partial charge in [0, 0.05) is 29.1 Å². The van der Waals surface area contributed by atoms with Crippen LogP contribution in [0.5, 0.6) is 0 Å². The van der Waals surface area contributed by atoms with Crippen LogP contribution in [-0.2, 0) is 6.54 Å². The smallest absolute Gasteiger partial charge is 0.0961 e. The van der Waals surface area contributed by atoms with E-state index in [9.17, 15) is 0 Å². The summed E-state index contributed by atoms with van der Waals surface area (Å²) in [5, 5.41) is 1.09. The van der Waals surface area contributed by atoms with Crippen LogP contribution >= 0.6 is 23.5 Å². The molecule has 0 aliphatic rings. The predicted octanol–water partition coefficient (Wildman–Crippen LogP) is 5.67. The molecule has 0 saturated carbocycles. The first-order chi connectivity index (χ1) is 13.3. The van der Waals surface area contributed by atoms with E-state index in [0.29, 0.717) is 0 Å². The van der Waals surface area contributed by atoms with Crippen molar-refractivity contribution in [2.24, 2.45) is 0 Å². The maximum Gasteiger partial charge on any atom is 0.0961 e. The third-order valence-corrected chi connectivity index (χ3v) is 6.86. The summed E-state index contributed by atoms with van der Waals surface area (Å²) in [5.41, 5.74) is 4.94. The second-order valence-corrected chi connectivity index (χ2v) is 8.52. The normalized spacial score (nSPS) is 11.1. The highest BCUT2D eigenvalue weighted by Crippen LogP contribution is 2.27. The van der Waals surface area contributed by atoms with Gasteiger partial charge in [-0.3, -0.25) is 0 Å². The summed E-state index contributed by atoms with van der Waals surface area (Å²) in [4.78, 5) is 10.2. The van der Waals surface area contributed by atoms with Crippen molar-refractivity contribution in [3.05, 3.63) is 84.3 Å². The van der Waals surface area contributed by atoms with Gasteiger partial charge in [0.05, 0.1) is 22.4 Å². The first-order valence-corrected chi connectivity index (χ1v) is 10.9. The minimum absolute atomic E-state index is 0.851. The Hall–Kier alpha value is -2.24. The Kier molecular flexibility index (Phi) is 5.80. The molecule has 0 spiro atoms. The van der Waals surface area contributed by atoms with Crippen LogP contribution in [0.3, 0.4) is 0 Å². The highest BCUT2D eigenvalue weighted by Gasteiger charge is 2.08. The molecular formula is C22H21N3S2. The van der Waals surface area contributed by atoms with E-state index in [0.717, 1.165) is 28.6 Å². The number of fused-ring (bicyclic) bond motifs is 1. The van der Waals surface area contributed by atoms with Crippen molar-refractivity contribution in [3.8, 4) is 0 Å². The fourth-order valence-electron chi connectivity index (χ4n) is 3.04. The lowest BCUT2D eigenvalue weighted by molar-refractivity contribution is 0.814. The Morgan fingerprint density at radius 1 is 0.852 bits per heavy atom. The molecule has 2 heterocycles. The molecule has 0 unspecified atom stereocenters. The molecule has 4 rings (SSSR count). The van der Waals surface area contributed by atoms with Crippen molar-refractivity contribution in [2.75, 3.05) is 11.5 Å². The average Bonchev–Trinajstić information content (AvgIpc) is 3.12. The largest absolute Gasteiger partial charge is 0.326 e. The van der Waals surface area contributed by atoms with E-state index in [4.69, 9.17) is 0 Å². The van der Waals surface area contributed by atoms with Crippen LogP contribution in [0.1, 0.15) is 11.1 Å². The monoisotopic (exact) mass is 391 g/mol. The number of para-hydroxylation sites is 2. The van der Waals surface area contributed by atoms with Gasteiger partial charge in [-0.1, -0.05) is 30.3 Å². The van der Waals surface area contributed by atoms with Gasteiger partial charge in [0.25, 0.3) is 0 Å². The SMILES string of the molecule is Cc1c(Cn2cnc3ccccc32)cccc1SCCSc1ccccn1. The number of hydrogen-bond acceptors (Lipinski definition) is 4. The molecular weight excluding hydrogens is 370 g/mol. The average molecular weight is 392 g/mol. The number of nitrogens with zero attached hydrogens (tertiary/aromatic N) is 3. The van der Waals surface area contributed by atoms with E-state index in [1.165, 1.54) is 21.5 Å². The maximum absolute atomic E-state index is 4.51. The van der Waals surface area contributed by atoms with Crippen molar-refractivity contribution in [1.82, 2.24) is 14.5 Å². The standard InChI is InChI=1S/C22H21N3S2/c1-17-18(15-25-16-24-19-8-2-3-9-20(19)25)7-6-10-21(17)26-13-14-27-22-11-4-5-12-23-22/h2-12,16H,13-15H2,1H3. The molecule has 5 heteroatoms. The van der Waals surface area contributed by atoms with Crippen molar-refractivity contribution in [1.29, 1.82) is 0 Å². The predicted molar refractivity (Wildman–Crippen MR) is 116 cm³/mol. The van der Waals surface area contributed by atoms with Gasteiger partial charge in [-0.2, -0.15) is 0 Å². The molecule has 0 atom stereocenters. The zero-order valence-corrected chi connectivity index (χ0v) is 16.8. The zero-order chi connectivity index (χ0) is 18.5. The highest BCUT2D eigenvalue weighted by molar-refractivity contribution is 8.03.